The second-order valence-corrected chi connectivity index (χ2v) is 8.12. The van der Waals surface area contributed by atoms with E-state index in [1.165, 1.54) is 6.07 Å². The molecule has 4 heterocycles. The summed E-state index contributed by atoms with van der Waals surface area (Å²) in [5.41, 5.74) is 1.65. The predicted molar refractivity (Wildman–Crippen MR) is 120 cm³/mol. The summed E-state index contributed by atoms with van der Waals surface area (Å²) in [7, 11) is 0. The molecule has 0 spiro atoms. The van der Waals surface area contributed by atoms with Gasteiger partial charge >= 0.3 is 0 Å². The Balaban J connectivity index is 1.37. The number of morpholine rings is 1. The molecule has 166 valence electrons. The fourth-order valence-corrected chi connectivity index (χ4v) is 4.32. The molecule has 32 heavy (non-hydrogen) atoms. The van der Waals surface area contributed by atoms with E-state index in [1.807, 2.05) is 12.1 Å². The van der Waals surface area contributed by atoms with E-state index in [2.05, 4.69) is 25.2 Å². The number of hydrogen-bond acceptors (Lipinski definition) is 7. The number of hydrogen-bond donors (Lipinski definition) is 1. The van der Waals surface area contributed by atoms with E-state index in [0.717, 1.165) is 50.7 Å². The Morgan fingerprint density at radius 2 is 1.84 bits per heavy atom. The van der Waals surface area contributed by atoms with Crippen LogP contribution >= 0.6 is 0 Å². The van der Waals surface area contributed by atoms with Gasteiger partial charge in [-0.05, 0) is 31.0 Å². The fourth-order valence-electron chi connectivity index (χ4n) is 4.32. The highest BCUT2D eigenvalue weighted by Crippen LogP contribution is 2.30. The summed E-state index contributed by atoms with van der Waals surface area (Å²) in [5.74, 6) is 0.268. The van der Waals surface area contributed by atoms with E-state index in [9.17, 15) is 9.18 Å². The van der Waals surface area contributed by atoms with Crippen molar-refractivity contribution in [2.24, 2.45) is 0 Å². The van der Waals surface area contributed by atoms with Crippen LogP contribution in [0.5, 0.6) is 0 Å². The quantitative estimate of drug-likeness (QED) is 0.655. The third-order valence-corrected chi connectivity index (χ3v) is 6.04. The summed E-state index contributed by atoms with van der Waals surface area (Å²) < 4.78 is 21.7. The van der Waals surface area contributed by atoms with Crippen molar-refractivity contribution in [1.29, 1.82) is 0 Å². The van der Waals surface area contributed by atoms with Crippen molar-refractivity contribution in [3.05, 3.63) is 59.0 Å². The van der Waals surface area contributed by atoms with Gasteiger partial charge in [0.15, 0.2) is 5.82 Å². The van der Waals surface area contributed by atoms with Crippen LogP contribution < -0.4 is 15.8 Å². The zero-order valence-corrected chi connectivity index (χ0v) is 17.7. The zero-order valence-electron chi connectivity index (χ0n) is 17.7. The van der Waals surface area contributed by atoms with Crippen molar-refractivity contribution in [3.63, 3.8) is 0 Å². The number of pyridine rings is 2. The first-order valence-corrected chi connectivity index (χ1v) is 11.0. The monoisotopic (exact) mass is 436 g/mol. The molecule has 0 bridgehead atoms. The molecule has 3 aromatic heterocycles. The molecule has 0 radical (unpaired) electrons. The molecule has 0 amide bonds. The lowest BCUT2D eigenvalue weighted by molar-refractivity contribution is 0.122. The van der Waals surface area contributed by atoms with E-state index in [4.69, 9.17) is 4.74 Å². The first-order chi connectivity index (χ1) is 15.7. The van der Waals surface area contributed by atoms with E-state index >= 15 is 0 Å². The van der Waals surface area contributed by atoms with Crippen LogP contribution in [0.25, 0.3) is 11.3 Å². The first-order valence-electron chi connectivity index (χ1n) is 11.0. The molecule has 1 saturated carbocycles. The molecule has 1 saturated heterocycles. The van der Waals surface area contributed by atoms with Crippen LogP contribution in [-0.2, 0) is 4.74 Å². The highest BCUT2D eigenvalue weighted by molar-refractivity contribution is 5.61. The van der Waals surface area contributed by atoms with Crippen LogP contribution in [0.1, 0.15) is 31.7 Å². The molecular formula is C23H25FN6O2. The summed E-state index contributed by atoms with van der Waals surface area (Å²) in [5, 5.41) is 3.04. The smallest absolute Gasteiger partial charge is 0.250 e. The van der Waals surface area contributed by atoms with Gasteiger partial charge in [0.1, 0.15) is 11.5 Å². The zero-order chi connectivity index (χ0) is 21.9. The maximum Gasteiger partial charge on any atom is 0.250 e. The standard InChI is InChI=1S/C23H25FN6O2/c24-19-14-26-23(27-20-7-6-18(13-25-20)29-9-11-32-12-10-29)28-22(19)16-5-8-21(31)30(15-16)17-3-1-2-4-17/h5-8,13-15,17H,1-4,9-12H2,(H,25,26,27,28). The van der Waals surface area contributed by atoms with Gasteiger partial charge in [0, 0.05) is 37.0 Å². The van der Waals surface area contributed by atoms with Crippen molar-refractivity contribution >= 4 is 17.5 Å². The number of rotatable bonds is 5. The Morgan fingerprint density at radius 3 is 2.59 bits per heavy atom. The third kappa shape index (κ3) is 4.34. The average Bonchev–Trinajstić information content (AvgIpc) is 3.37. The van der Waals surface area contributed by atoms with Crippen molar-refractivity contribution < 1.29 is 9.13 Å². The van der Waals surface area contributed by atoms with Gasteiger partial charge in [0.05, 0.1) is 31.3 Å². The number of halogens is 1. The minimum atomic E-state index is -0.539. The molecule has 0 atom stereocenters. The number of ether oxygens (including phenoxy) is 1. The highest BCUT2D eigenvalue weighted by atomic mass is 19.1. The number of aromatic nitrogens is 4. The molecule has 3 aromatic rings. The van der Waals surface area contributed by atoms with Crippen LogP contribution in [0.4, 0.5) is 21.8 Å². The SMILES string of the molecule is O=c1ccc(-c2nc(Nc3ccc(N4CCOCC4)cn3)ncc2F)cn1C1CCCC1. The van der Waals surface area contributed by atoms with Crippen LogP contribution in [0.3, 0.4) is 0 Å². The summed E-state index contributed by atoms with van der Waals surface area (Å²) in [6.45, 7) is 3.09. The molecule has 8 nitrogen and oxygen atoms in total. The van der Waals surface area contributed by atoms with E-state index in [-0.39, 0.29) is 23.2 Å². The molecule has 0 unspecified atom stereocenters. The Labute approximate surface area is 185 Å². The molecular weight excluding hydrogens is 411 g/mol. The average molecular weight is 436 g/mol. The lowest BCUT2D eigenvalue weighted by Gasteiger charge is -2.28. The summed E-state index contributed by atoms with van der Waals surface area (Å²) >= 11 is 0. The molecule has 1 aliphatic carbocycles. The molecule has 2 fully saturated rings. The third-order valence-electron chi connectivity index (χ3n) is 6.04. The van der Waals surface area contributed by atoms with Gasteiger partial charge in [0.2, 0.25) is 5.95 Å². The topological polar surface area (TPSA) is 85.2 Å². The van der Waals surface area contributed by atoms with Gasteiger partial charge in [-0.1, -0.05) is 12.8 Å². The Hall–Kier alpha value is -3.33. The van der Waals surface area contributed by atoms with Crippen molar-refractivity contribution in [3.8, 4) is 11.3 Å². The Bertz CT molecular complexity index is 1140. The van der Waals surface area contributed by atoms with Crippen LogP contribution in [0.2, 0.25) is 0 Å². The van der Waals surface area contributed by atoms with Gasteiger partial charge < -0.3 is 19.5 Å². The van der Waals surface area contributed by atoms with Gasteiger partial charge in [-0.25, -0.2) is 19.3 Å². The minimum absolute atomic E-state index is 0.0713. The second kappa shape index (κ2) is 9.04. The number of nitrogens with zero attached hydrogens (tertiary/aromatic N) is 5. The second-order valence-electron chi connectivity index (χ2n) is 8.12. The van der Waals surface area contributed by atoms with Gasteiger partial charge in [-0.2, -0.15) is 0 Å². The molecule has 0 aromatic carbocycles. The van der Waals surface area contributed by atoms with Gasteiger partial charge in [-0.3, -0.25) is 4.79 Å². The first kappa shape index (κ1) is 20.6. The van der Waals surface area contributed by atoms with E-state index in [0.29, 0.717) is 24.6 Å². The summed E-state index contributed by atoms with van der Waals surface area (Å²) in [6, 6.07) is 7.08. The molecule has 5 rings (SSSR count). The van der Waals surface area contributed by atoms with Crippen molar-refractivity contribution in [1.82, 2.24) is 19.5 Å². The van der Waals surface area contributed by atoms with E-state index < -0.39 is 5.82 Å². The highest BCUT2D eigenvalue weighted by Gasteiger charge is 2.19. The van der Waals surface area contributed by atoms with E-state index in [1.54, 1.807) is 23.0 Å². The van der Waals surface area contributed by atoms with Crippen molar-refractivity contribution in [2.75, 3.05) is 36.5 Å². The normalized spacial score (nSPS) is 17.0. The molecule has 9 heteroatoms. The Kier molecular flexibility index (Phi) is 5.81. The fraction of sp³-hybridized carbons (Fsp3) is 0.391. The maximum absolute atomic E-state index is 14.6. The van der Waals surface area contributed by atoms with Crippen LogP contribution in [0.15, 0.2) is 47.7 Å². The lowest BCUT2D eigenvalue weighted by Crippen LogP contribution is -2.36. The summed E-state index contributed by atoms with van der Waals surface area (Å²) in [4.78, 5) is 27.4. The predicted octanol–water partition coefficient (Wildman–Crippen LogP) is 3.53. The molecule has 1 aliphatic heterocycles. The number of nitrogens with one attached hydrogen (secondary N) is 1. The minimum Gasteiger partial charge on any atom is -0.378 e. The summed E-state index contributed by atoms with van der Waals surface area (Å²) in [6.07, 6.45) is 8.78. The lowest BCUT2D eigenvalue weighted by atomic mass is 10.1. The maximum atomic E-state index is 14.6. The molecule has 1 N–H and O–H groups in total. The van der Waals surface area contributed by atoms with Crippen molar-refractivity contribution in [2.45, 2.75) is 31.7 Å². The van der Waals surface area contributed by atoms with Crippen LogP contribution in [-0.4, -0.2) is 45.8 Å². The number of anilines is 3. The largest absolute Gasteiger partial charge is 0.378 e. The Morgan fingerprint density at radius 1 is 1.03 bits per heavy atom. The molecule has 2 aliphatic rings. The van der Waals surface area contributed by atoms with Crippen LogP contribution in [0, 0.1) is 5.82 Å². The van der Waals surface area contributed by atoms with Gasteiger partial charge in [0.25, 0.3) is 5.56 Å². The van der Waals surface area contributed by atoms with Gasteiger partial charge in [-0.15, -0.1) is 0 Å².